The van der Waals surface area contributed by atoms with E-state index in [4.69, 9.17) is 10.9 Å². The van der Waals surface area contributed by atoms with Crippen LogP contribution in [-0.4, -0.2) is 22.6 Å². The maximum atomic E-state index is 13.8. The summed E-state index contributed by atoms with van der Waals surface area (Å²) in [5.41, 5.74) is 5.47. The Bertz CT molecular complexity index is 808. The Balaban J connectivity index is 0.000000438. The van der Waals surface area contributed by atoms with Gasteiger partial charge in [0.25, 0.3) is 0 Å². The molecule has 1 saturated carbocycles. The molecule has 0 aliphatic heterocycles. The molecular weight excluding hydrogens is 414 g/mol. The van der Waals surface area contributed by atoms with Crippen molar-refractivity contribution in [1.82, 2.24) is 4.98 Å². The van der Waals surface area contributed by atoms with E-state index >= 15 is 0 Å². The molecule has 0 atom stereocenters. The highest BCUT2D eigenvalue weighted by molar-refractivity contribution is 7.97. The number of hydrogen-bond acceptors (Lipinski definition) is 7. The molecule has 0 radical (unpaired) electrons. The third-order valence-corrected chi connectivity index (χ3v) is 6.26. The number of nitrogens with two attached hydrogens (primary N) is 2. The zero-order chi connectivity index (χ0) is 21.4. The first-order valence-electron chi connectivity index (χ1n) is 9.66. The molecule has 160 valence electrons. The number of carbonyl (C=O) groups excluding carboxylic acids is 1. The second kappa shape index (κ2) is 11.5. The molecule has 5 nitrogen and oxygen atoms in total. The molecule has 0 unspecified atom stereocenters. The minimum absolute atomic E-state index is 0.0435. The van der Waals surface area contributed by atoms with Crippen molar-refractivity contribution < 1.29 is 13.6 Å². The second-order valence-electron chi connectivity index (χ2n) is 7.39. The number of nitrogens with one attached hydrogen (secondary N) is 1. The normalized spacial score (nSPS) is 14.4. The molecule has 1 aliphatic rings. The summed E-state index contributed by atoms with van der Waals surface area (Å²) in [6.45, 7) is 4.31. The summed E-state index contributed by atoms with van der Waals surface area (Å²) in [5, 5.41) is 8.98. The maximum absolute atomic E-state index is 13.8. The number of rotatable bonds is 6. The number of nitrogen functional groups attached to an aromatic ring is 1. The van der Waals surface area contributed by atoms with Gasteiger partial charge in [-0.25, -0.2) is 13.8 Å². The predicted octanol–water partition coefficient (Wildman–Crippen LogP) is 5.23. The molecule has 5 N–H and O–H groups in total. The summed E-state index contributed by atoms with van der Waals surface area (Å²) in [6.07, 6.45) is 5.68. The summed E-state index contributed by atoms with van der Waals surface area (Å²) in [6, 6.07) is 3.10. The van der Waals surface area contributed by atoms with Crippen LogP contribution in [0.2, 0.25) is 0 Å². The number of carbonyl (C=O) groups is 1. The molecule has 29 heavy (non-hydrogen) atoms. The summed E-state index contributed by atoms with van der Waals surface area (Å²) < 4.78 is 27.0. The van der Waals surface area contributed by atoms with Crippen molar-refractivity contribution in [2.24, 2.45) is 11.1 Å². The Morgan fingerprint density at radius 1 is 1.31 bits per heavy atom. The van der Waals surface area contributed by atoms with Crippen molar-refractivity contribution in [2.75, 3.05) is 16.8 Å². The lowest BCUT2D eigenvalue weighted by molar-refractivity contribution is 0.103. The fourth-order valence-corrected chi connectivity index (χ4v) is 4.26. The first-order valence-corrected chi connectivity index (χ1v) is 11.5. The number of ketones is 1. The lowest BCUT2D eigenvalue weighted by Crippen LogP contribution is -2.22. The van der Waals surface area contributed by atoms with Crippen LogP contribution in [0.1, 0.15) is 61.2 Å². The van der Waals surface area contributed by atoms with Crippen LogP contribution in [-0.2, 0) is 0 Å². The molecule has 1 aliphatic carbocycles. The minimum atomic E-state index is -0.772. The lowest BCUT2D eigenvalue weighted by Gasteiger charge is -2.22. The van der Waals surface area contributed by atoms with Gasteiger partial charge in [0.05, 0.1) is 5.56 Å². The van der Waals surface area contributed by atoms with E-state index in [1.54, 1.807) is 0 Å². The Kier molecular flexibility index (Phi) is 9.32. The highest BCUT2D eigenvalue weighted by atomic mass is 32.2. The van der Waals surface area contributed by atoms with Gasteiger partial charge >= 0.3 is 0 Å². The SMILES string of the molecule is CC(C)CSN.Nc1nc(NC2CCCCC2)sc1C(=O)c1cc(F)ccc1F. The second-order valence-corrected chi connectivity index (χ2v) is 9.06. The van der Waals surface area contributed by atoms with E-state index < -0.39 is 17.4 Å². The molecule has 1 aromatic carbocycles. The molecule has 1 fully saturated rings. The van der Waals surface area contributed by atoms with Crippen molar-refractivity contribution >= 4 is 40.0 Å². The Morgan fingerprint density at radius 2 is 2.00 bits per heavy atom. The number of nitrogens with zero attached hydrogens (tertiary/aromatic N) is 1. The summed E-state index contributed by atoms with van der Waals surface area (Å²) in [7, 11) is 0. The van der Waals surface area contributed by atoms with Gasteiger partial charge in [-0.2, -0.15) is 0 Å². The van der Waals surface area contributed by atoms with E-state index in [-0.39, 0.29) is 16.3 Å². The van der Waals surface area contributed by atoms with E-state index in [2.05, 4.69) is 24.1 Å². The van der Waals surface area contributed by atoms with Gasteiger partial charge in [0, 0.05) is 11.8 Å². The number of thiazole rings is 1. The molecule has 0 amide bonds. The van der Waals surface area contributed by atoms with Crippen LogP contribution in [0.3, 0.4) is 0 Å². The zero-order valence-electron chi connectivity index (χ0n) is 16.7. The van der Waals surface area contributed by atoms with Crippen LogP contribution >= 0.6 is 23.3 Å². The third kappa shape index (κ3) is 7.24. The quantitative estimate of drug-likeness (QED) is 0.419. The Morgan fingerprint density at radius 3 is 2.59 bits per heavy atom. The van der Waals surface area contributed by atoms with Crippen molar-refractivity contribution in [3.63, 3.8) is 0 Å². The van der Waals surface area contributed by atoms with E-state index in [9.17, 15) is 13.6 Å². The average Bonchev–Trinajstić information content (AvgIpc) is 3.04. The van der Waals surface area contributed by atoms with E-state index in [1.807, 2.05) is 0 Å². The van der Waals surface area contributed by atoms with Gasteiger partial charge in [0.15, 0.2) is 5.13 Å². The van der Waals surface area contributed by atoms with Crippen molar-refractivity contribution in [3.8, 4) is 0 Å². The predicted molar refractivity (Wildman–Crippen MR) is 118 cm³/mol. The summed E-state index contributed by atoms with van der Waals surface area (Å²) in [5.74, 6) is -0.236. The number of benzene rings is 1. The number of anilines is 2. The first kappa shape index (κ1) is 23.6. The molecule has 0 bridgehead atoms. The highest BCUT2D eigenvalue weighted by Gasteiger charge is 2.23. The van der Waals surface area contributed by atoms with Gasteiger partial charge in [-0.3, -0.25) is 9.93 Å². The Hall–Kier alpha value is -1.71. The minimum Gasteiger partial charge on any atom is -0.382 e. The van der Waals surface area contributed by atoms with E-state index in [0.29, 0.717) is 11.2 Å². The van der Waals surface area contributed by atoms with Crippen LogP contribution in [0.25, 0.3) is 0 Å². The zero-order valence-corrected chi connectivity index (χ0v) is 18.3. The van der Waals surface area contributed by atoms with Gasteiger partial charge in [0.2, 0.25) is 5.78 Å². The topological polar surface area (TPSA) is 94.0 Å². The molecule has 3 rings (SSSR count). The van der Waals surface area contributed by atoms with Gasteiger partial charge in [-0.05, 0) is 37.0 Å². The number of aromatic nitrogens is 1. The largest absolute Gasteiger partial charge is 0.382 e. The maximum Gasteiger partial charge on any atom is 0.209 e. The fraction of sp³-hybridized carbons (Fsp3) is 0.500. The van der Waals surface area contributed by atoms with Crippen molar-refractivity contribution in [1.29, 1.82) is 0 Å². The van der Waals surface area contributed by atoms with Crippen molar-refractivity contribution in [2.45, 2.75) is 52.0 Å². The van der Waals surface area contributed by atoms with Crippen LogP contribution in [0.5, 0.6) is 0 Å². The summed E-state index contributed by atoms with van der Waals surface area (Å²) in [4.78, 5) is 16.7. The molecule has 1 heterocycles. The van der Waals surface area contributed by atoms with Crippen LogP contribution in [0.15, 0.2) is 18.2 Å². The van der Waals surface area contributed by atoms with Gasteiger partial charge < -0.3 is 11.1 Å². The molecule has 9 heteroatoms. The molecular formula is C20H28F2N4OS2. The summed E-state index contributed by atoms with van der Waals surface area (Å²) >= 11 is 2.49. The third-order valence-electron chi connectivity index (χ3n) is 4.39. The van der Waals surface area contributed by atoms with E-state index in [1.165, 1.54) is 31.2 Å². The monoisotopic (exact) mass is 442 g/mol. The molecule has 2 aromatic rings. The van der Waals surface area contributed by atoms with Gasteiger partial charge in [0.1, 0.15) is 22.3 Å². The van der Waals surface area contributed by atoms with E-state index in [0.717, 1.165) is 54.0 Å². The fourth-order valence-electron chi connectivity index (χ4n) is 2.96. The first-order chi connectivity index (χ1) is 13.8. The Labute approximate surface area is 178 Å². The van der Waals surface area contributed by atoms with Crippen LogP contribution < -0.4 is 16.2 Å². The smallest absolute Gasteiger partial charge is 0.209 e. The molecule has 0 saturated heterocycles. The lowest BCUT2D eigenvalue weighted by atomic mass is 9.96. The highest BCUT2D eigenvalue weighted by Crippen LogP contribution is 2.30. The van der Waals surface area contributed by atoms with Crippen LogP contribution in [0.4, 0.5) is 19.7 Å². The van der Waals surface area contributed by atoms with Gasteiger partial charge in [-0.1, -0.05) is 56.4 Å². The number of halogens is 2. The van der Waals surface area contributed by atoms with Crippen molar-refractivity contribution in [3.05, 3.63) is 40.3 Å². The average molecular weight is 443 g/mol. The standard InChI is InChI=1S/C16H17F2N3OS.C4H11NS/c17-9-6-7-12(18)11(8-9)13(22)14-15(19)21-16(23-14)20-10-4-2-1-3-5-10;1-4(2)3-6-5/h6-8,10H,1-5,19H2,(H,20,21);4H,3,5H2,1-2H3. The number of hydrogen-bond donors (Lipinski definition) is 3. The van der Waals surface area contributed by atoms with Gasteiger partial charge in [-0.15, -0.1) is 0 Å². The van der Waals surface area contributed by atoms with Crippen LogP contribution in [0, 0.1) is 17.6 Å². The molecule has 0 spiro atoms. The molecule has 1 aromatic heterocycles.